The van der Waals surface area contributed by atoms with Crippen molar-refractivity contribution in [2.24, 2.45) is 5.92 Å². The number of halogens is 4. The van der Waals surface area contributed by atoms with Crippen molar-refractivity contribution >= 4 is 34.8 Å². The monoisotopic (exact) mass is 545 g/mol. The topological polar surface area (TPSA) is 35.6 Å². The van der Waals surface area contributed by atoms with Crippen LogP contribution in [0.15, 0.2) is 66.7 Å². The first-order valence-corrected chi connectivity index (χ1v) is 13.2. The van der Waals surface area contributed by atoms with Crippen molar-refractivity contribution in [3.8, 4) is 0 Å². The molecule has 0 bridgehead atoms. The highest BCUT2D eigenvalue weighted by Crippen LogP contribution is 2.36. The summed E-state index contributed by atoms with van der Waals surface area (Å²) in [6.07, 6.45) is 0.235. The van der Waals surface area contributed by atoms with E-state index in [0.29, 0.717) is 35.6 Å². The Morgan fingerprint density at radius 1 is 0.946 bits per heavy atom. The van der Waals surface area contributed by atoms with Crippen LogP contribution in [0.25, 0.3) is 0 Å². The molecule has 4 nitrogen and oxygen atoms in total. The number of carbonyl (C=O) groups is 1. The first-order chi connectivity index (χ1) is 17.7. The second-order valence-corrected chi connectivity index (χ2v) is 10.7. The van der Waals surface area contributed by atoms with Crippen molar-refractivity contribution in [1.82, 2.24) is 10.2 Å². The number of hydrogen-bond acceptors (Lipinski definition) is 3. The summed E-state index contributed by atoms with van der Waals surface area (Å²) in [5, 5.41) is 4.57. The number of anilines is 1. The van der Waals surface area contributed by atoms with Gasteiger partial charge in [0, 0.05) is 47.9 Å². The van der Waals surface area contributed by atoms with E-state index in [1.165, 1.54) is 12.1 Å². The van der Waals surface area contributed by atoms with E-state index in [4.69, 9.17) is 23.2 Å². The Morgan fingerprint density at radius 3 is 1.95 bits per heavy atom. The molecule has 3 aromatic carbocycles. The SMILES string of the molecule is CC(C)CNCCC(=O)N(c1cc(F)cc(F)c1)C1CN(C(c2ccc(Cl)cc2)c2ccc(Cl)cc2)C1. The Balaban J connectivity index is 1.56. The van der Waals surface area contributed by atoms with Crippen LogP contribution in [0.2, 0.25) is 10.0 Å². The molecule has 1 aliphatic rings. The summed E-state index contributed by atoms with van der Waals surface area (Å²) in [4.78, 5) is 17.1. The molecule has 0 atom stereocenters. The molecular weight excluding hydrogens is 515 g/mol. The minimum Gasteiger partial charge on any atom is -0.316 e. The molecule has 0 unspecified atom stereocenters. The minimum atomic E-state index is -0.706. The molecule has 196 valence electrons. The van der Waals surface area contributed by atoms with Gasteiger partial charge in [-0.15, -0.1) is 0 Å². The van der Waals surface area contributed by atoms with E-state index in [-0.39, 0.29) is 30.1 Å². The molecule has 37 heavy (non-hydrogen) atoms. The van der Waals surface area contributed by atoms with Gasteiger partial charge >= 0.3 is 0 Å². The molecule has 0 saturated carbocycles. The quantitative estimate of drug-likeness (QED) is 0.287. The third-order valence-corrected chi connectivity index (χ3v) is 6.96. The summed E-state index contributed by atoms with van der Waals surface area (Å²) < 4.78 is 28.2. The molecule has 0 aliphatic carbocycles. The van der Waals surface area contributed by atoms with Crippen LogP contribution >= 0.6 is 23.2 Å². The van der Waals surface area contributed by atoms with E-state index in [1.807, 2.05) is 48.5 Å². The van der Waals surface area contributed by atoms with E-state index in [0.717, 1.165) is 23.7 Å². The molecule has 1 aliphatic heterocycles. The Bertz CT molecular complexity index is 1130. The molecule has 0 radical (unpaired) electrons. The van der Waals surface area contributed by atoms with Gasteiger partial charge in [-0.2, -0.15) is 0 Å². The number of nitrogens with zero attached hydrogens (tertiary/aromatic N) is 2. The lowest BCUT2D eigenvalue weighted by atomic mass is 9.92. The predicted octanol–water partition coefficient (Wildman–Crippen LogP) is 6.71. The van der Waals surface area contributed by atoms with E-state index < -0.39 is 11.6 Å². The van der Waals surface area contributed by atoms with Gasteiger partial charge in [0.1, 0.15) is 11.6 Å². The molecule has 4 rings (SSSR count). The highest BCUT2D eigenvalue weighted by atomic mass is 35.5. The smallest absolute Gasteiger partial charge is 0.228 e. The summed E-state index contributed by atoms with van der Waals surface area (Å²) in [5.41, 5.74) is 2.35. The third kappa shape index (κ3) is 7.08. The van der Waals surface area contributed by atoms with Crippen LogP contribution in [0.4, 0.5) is 14.5 Å². The van der Waals surface area contributed by atoms with Gasteiger partial charge in [-0.3, -0.25) is 9.69 Å². The summed E-state index contributed by atoms with van der Waals surface area (Å²) in [6.45, 7) is 6.57. The molecule has 8 heteroatoms. The maximum absolute atomic E-state index is 14.1. The van der Waals surface area contributed by atoms with Crippen LogP contribution in [0.3, 0.4) is 0 Å². The van der Waals surface area contributed by atoms with Crippen LogP contribution in [-0.4, -0.2) is 43.0 Å². The normalized spacial score (nSPS) is 14.3. The molecule has 1 amide bonds. The number of amides is 1. The highest BCUT2D eigenvalue weighted by Gasteiger charge is 2.39. The van der Waals surface area contributed by atoms with Crippen molar-refractivity contribution in [2.75, 3.05) is 31.1 Å². The minimum absolute atomic E-state index is 0.0836. The molecule has 1 fully saturated rings. The molecule has 1 saturated heterocycles. The summed E-state index contributed by atoms with van der Waals surface area (Å²) in [5.74, 6) is -1.12. The number of hydrogen-bond donors (Lipinski definition) is 1. The fourth-order valence-corrected chi connectivity index (χ4v) is 4.96. The summed E-state index contributed by atoms with van der Waals surface area (Å²) in [7, 11) is 0. The second kappa shape index (κ2) is 12.4. The van der Waals surface area contributed by atoms with E-state index in [9.17, 15) is 13.6 Å². The van der Waals surface area contributed by atoms with Gasteiger partial charge < -0.3 is 10.2 Å². The number of benzene rings is 3. The zero-order valence-electron chi connectivity index (χ0n) is 20.9. The molecule has 1 heterocycles. The largest absolute Gasteiger partial charge is 0.316 e. The average molecular weight is 546 g/mol. The fraction of sp³-hybridized carbons (Fsp3) is 0.345. The lowest BCUT2D eigenvalue weighted by Crippen LogP contribution is -2.62. The Morgan fingerprint density at radius 2 is 1.46 bits per heavy atom. The molecule has 0 aromatic heterocycles. The highest BCUT2D eigenvalue weighted by molar-refractivity contribution is 6.30. The number of carbonyl (C=O) groups excluding carboxylic acids is 1. The molecular formula is C29H31Cl2F2N3O. The van der Waals surface area contributed by atoms with Crippen molar-refractivity contribution < 1.29 is 13.6 Å². The molecule has 1 N–H and O–H groups in total. The lowest BCUT2D eigenvalue weighted by molar-refractivity contribution is -0.119. The van der Waals surface area contributed by atoms with Gasteiger partial charge in [0.25, 0.3) is 0 Å². The molecule has 3 aromatic rings. The van der Waals surface area contributed by atoms with Crippen LogP contribution in [-0.2, 0) is 4.79 Å². The van der Waals surface area contributed by atoms with Gasteiger partial charge in [-0.1, -0.05) is 61.3 Å². The van der Waals surface area contributed by atoms with E-state index in [1.54, 1.807) is 4.90 Å². The maximum atomic E-state index is 14.1. The Labute approximate surface area is 227 Å². The standard InChI is InChI=1S/C29H31Cl2F2N3O/c1-19(2)16-34-12-11-28(37)36(26-14-24(32)13-25(33)15-26)27-17-35(18-27)29(20-3-7-22(30)8-4-20)21-5-9-23(31)10-6-21/h3-10,13-15,19,27,29,34H,11-12,16-18H2,1-2H3. The van der Waals surface area contributed by atoms with Crippen molar-refractivity contribution in [2.45, 2.75) is 32.4 Å². The Kier molecular flexibility index (Phi) is 9.19. The maximum Gasteiger partial charge on any atom is 0.228 e. The zero-order valence-corrected chi connectivity index (χ0v) is 22.4. The van der Waals surface area contributed by atoms with Crippen LogP contribution in [0, 0.1) is 17.6 Å². The van der Waals surface area contributed by atoms with E-state index in [2.05, 4.69) is 24.1 Å². The third-order valence-electron chi connectivity index (χ3n) is 6.45. The average Bonchev–Trinajstić information content (AvgIpc) is 2.81. The second-order valence-electron chi connectivity index (χ2n) is 9.85. The zero-order chi connectivity index (χ0) is 26.5. The van der Waals surface area contributed by atoms with Crippen molar-refractivity contribution in [3.05, 3.63) is 99.5 Å². The van der Waals surface area contributed by atoms with Crippen molar-refractivity contribution in [3.63, 3.8) is 0 Å². The first-order valence-electron chi connectivity index (χ1n) is 12.4. The van der Waals surface area contributed by atoms with Crippen LogP contribution < -0.4 is 10.2 Å². The van der Waals surface area contributed by atoms with Crippen LogP contribution in [0.5, 0.6) is 0 Å². The first kappa shape index (κ1) is 27.5. The van der Waals surface area contributed by atoms with Gasteiger partial charge in [-0.05, 0) is 60.0 Å². The van der Waals surface area contributed by atoms with Crippen LogP contribution in [0.1, 0.15) is 37.4 Å². The predicted molar refractivity (Wildman–Crippen MR) is 146 cm³/mol. The van der Waals surface area contributed by atoms with Crippen molar-refractivity contribution in [1.29, 1.82) is 0 Å². The van der Waals surface area contributed by atoms with E-state index >= 15 is 0 Å². The van der Waals surface area contributed by atoms with Gasteiger partial charge in [0.05, 0.1) is 12.1 Å². The molecule has 0 spiro atoms. The lowest BCUT2D eigenvalue weighted by Gasteiger charge is -2.49. The van der Waals surface area contributed by atoms with Gasteiger partial charge in [-0.25, -0.2) is 8.78 Å². The number of nitrogens with one attached hydrogen (secondary N) is 1. The van der Waals surface area contributed by atoms with Gasteiger partial charge in [0.2, 0.25) is 5.91 Å². The number of rotatable bonds is 10. The summed E-state index contributed by atoms with van der Waals surface area (Å²) in [6, 6.07) is 18.3. The fourth-order valence-electron chi connectivity index (χ4n) is 4.71. The Hall–Kier alpha value is -2.51. The van der Waals surface area contributed by atoms with Gasteiger partial charge in [0.15, 0.2) is 0 Å². The number of likely N-dealkylation sites (tertiary alicyclic amines) is 1. The summed E-state index contributed by atoms with van der Waals surface area (Å²) >= 11 is 12.3.